The third-order valence-corrected chi connectivity index (χ3v) is 6.54. The number of nitrogens with zero attached hydrogens (tertiary/aromatic N) is 2. The van der Waals surface area contributed by atoms with E-state index in [2.05, 4.69) is 10.2 Å². The largest absolute Gasteiger partial charge is 0.495 e. The molecular formula is C18H16ClN3O3S. The molecule has 1 aliphatic rings. The fourth-order valence-electron chi connectivity index (χ4n) is 3.11. The molecule has 0 radical (unpaired) electrons. The molecule has 0 atom stereocenters. The van der Waals surface area contributed by atoms with Gasteiger partial charge in [-0.2, -0.15) is 9.40 Å². The molecule has 0 saturated carbocycles. The number of nitrogens with one attached hydrogen (secondary N) is 1. The van der Waals surface area contributed by atoms with Gasteiger partial charge in [-0.1, -0.05) is 23.7 Å². The highest BCUT2D eigenvalue weighted by Crippen LogP contribution is 2.35. The lowest BCUT2D eigenvalue weighted by molar-refractivity contribution is 0.393. The number of sulfonamides is 1. The maximum atomic E-state index is 13.2. The molecule has 0 saturated heterocycles. The van der Waals surface area contributed by atoms with E-state index in [0.29, 0.717) is 23.9 Å². The summed E-state index contributed by atoms with van der Waals surface area (Å²) in [7, 11) is -2.24. The van der Waals surface area contributed by atoms with E-state index in [0.717, 1.165) is 22.3 Å². The number of benzene rings is 2. The van der Waals surface area contributed by atoms with Crippen LogP contribution in [0, 0.1) is 0 Å². The number of hydrogen-bond acceptors (Lipinski definition) is 4. The normalized spacial score (nSPS) is 14.4. The molecule has 1 N–H and O–H groups in total. The van der Waals surface area contributed by atoms with E-state index in [1.54, 1.807) is 36.7 Å². The maximum Gasteiger partial charge on any atom is 0.247 e. The molecule has 26 heavy (non-hydrogen) atoms. The first-order chi connectivity index (χ1) is 12.5. The van der Waals surface area contributed by atoms with Crippen LogP contribution in [0.3, 0.4) is 0 Å². The first kappa shape index (κ1) is 17.1. The Bertz CT molecular complexity index is 1070. The number of hydrogen-bond donors (Lipinski definition) is 1. The Balaban J connectivity index is 1.70. The van der Waals surface area contributed by atoms with Crippen LogP contribution in [0.2, 0.25) is 5.02 Å². The van der Waals surface area contributed by atoms with Crippen LogP contribution in [0.25, 0.3) is 11.1 Å². The van der Waals surface area contributed by atoms with Crippen LogP contribution < -0.4 is 4.74 Å². The monoisotopic (exact) mass is 389 g/mol. The van der Waals surface area contributed by atoms with Crippen molar-refractivity contribution in [3.8, 4) is 16.9 Å². The molecule has 1 aliphatic heterocycles. The van der Waals surface area contributed by atoms with Gasteiger partial charge in [-0.05, 0) is 41.0 Å². The molecule has 1 aromatic heterocycles. The van der Waals surface area contributed by atoms with Crippen molar-refractivity contribution in [2.75, 3.05) is 7.11 Å². The Labute approximate surface area is 156 Å². The number of aromatic amines is 1. The molecule has 3 aromatic rings. The Morgan fingerprint density at radius 3 is 2.65 bits per heavy atom. The van der Waals surface area contributed by atoms with E-state index < -0.39 is 10.0 Å². The fraction of sp³-hybridized carbons (Fsp3) is 0.167. The SMILES string of the molecule is COc1cc(-c2cn[nH]c2)ccc1S(=O)(=O)N1Cc2ccc(Cl)cc2C1. The summed E-state index contributed by atoms with van der Waals surface area (Å²) in [6.07, 6.45) is 3.41. The number of methoxy groups -OCH3 is 1. The lowest BCUT2D eigenvalue weighted by Crippen LogP contribution is -2.26. The van der Waals surface area contributed by atoms with Crippen LogP contribution in [-0.2, 0) is 23.1 Å². The lowest BCUT2D eigenvalue weighted by atomic mass is 10.1. The van der Waals surface area contributed by atoms with Crippen LogP contribution >= 0.6 is 11.6 Å². The van der Waals surface area contributed by atoms with Gasteiger partial charge in [-0.15, -0.1) is 0 Å². The van der Waals surface area contributed by atoms with E-state index in [-0.39, 0.29) is 4.90 Å². The summed E-state index contributed by atoms with van der Waals surface area (Å²) in [6, 6.07) is 10.5. The average molecular weight is 390 g/mol. The Hall–Kier alpha value is -2.35. The van der Waals surface area contributed by atoms with E-state index in [4.69, 9.17) is 16.3 Å². The van der Waals surface area contributed by atoms with Crippen molar-refractivity contribution < 1.29 is 13.2 Å². The molecule has 0 aliphatic carbocycles. The van der Waals surface area contributed by atoms with E-state index in [1.807, 2.05) is 12.1 Å². The molecule has 0 amide bonds. The van der Waals surface area contributed by atoms with E-state index in [1.165, 1.54) is 11.4 Å². The highest BCUT2D eigenvalue weighted by atomic mass is 35.5. The standard InChI is InChI=1S/C18H16ClN3O3S/c1-25-17-7-12(15-8-20-21-9-15)3-5-18(17)26(23,24)22-10-13-2-4-16(19)6-14(13)11-22/h2-9H,10-11H2,1H3,(H,20,21). The third kappa shape index (κ3) is 2.88. The van der Waals surface area contributed by atoms with Crippen molar-refractivity contribution in [3.05, 3.63) is 64.9 Å². The maximum absolute atomic E-state index is 13.2. The molecule has 134 valence electrons. The molecule has 0 fully saturated rings. The van der Waals surface area contributed by atoms with Gasteiger partial charge < -0.3 is 4.74 Å². The first-order valence-corrected chi connectivity index (χ1v) is 9.75. The number of H-pyrrole nitrogens is 1. The highest BCUT2D eigenvalue weighted by Gasteiger charge is 2.32. The minimum atomic E-state index is -3.71. The van der Waals surface area contributed by atoms with Gasteiger partial charge in [0.1, 0.15) is 10.6 Å². The predicted octanol–water partition coefficient (Wildman–Crippen LogP) is 3.44. The molecule has 0 bridgehead atoms. The summed E-state index contributed by atoms with van der Waals surface area (Å²) < 4.78 is 33.1. The molecule has 2 aromatic carbocycles. The smallest absolute Gasteiger partial charge is 0.247 e. The second-order valence-corrected chi connectivity index (χ2v) is 8.38. The van der Waals surface area contributed by atoms with Gasteiger partial charge in [0.25, 0.3) is 0 Å². The average Bonchev–Trinajstić information content (AvgIpc) is 3.30. The zero-order valence-corrected chi connectivity index (χ0v) is 15.5. The van der Waals surface area contributed by atoms with Crippen LogP contribution in [0.1, 0.15) is 11.1 Å². The summed E-state index contributed by atoms with van der Waals surface area (Å²) >= 11 is 6.02. The van der Waals surface area contributed by atoms with Gasteiger partial charge in [-0.3, -0.25) is 5.10 Å². The van der Waals surface area contributed by atoms with Crippen molar-refractivity contribution in [2.24, 2.45) is 0 Å². The zero-order chi connectivity index (χ0) is 18.3. The van der Waals surface area contributed by atoms with Crippen LogP contribution in [0.15, 0.2) is 53.7 Å². The van der Waals surface area contributed by atoms with Gasteiger partial charge in [0, 0.05) is 29.9 Å². The van der Waals surface area contributed by atoms with Gasteiger partial charge in [0.05, 0.1) is 13.3 Å². The van der Waals surface area contributed by atoms with Crippen molar-refractivity contribution in [1.82, 2.24) is 14.5 Å². The van der Waals surface area contributed by atoms with Crippen molar-refractivity contribution in [3.63, 3.8) is 0 Å². The van der Waals surface area contributed by atoms with Crippen LogP contribution in [0.4, 0.5) is 0 Å². The number of halogens is 1. The Morgan fingerprint density at radius 1 is 1.12 bits per heavy atom. The van der Waals surface area contributed by atoms with Gasteiger partial charge in [-0.25, -0.2) is 8.42 Å². The molecular weight excluding hydrogens is 374 g/mol. The number of aromatic nitrogens is 2. The van der Waals surface area contributed by atoms with Crippen molar-refractivity contribution >= 4 is 21.6 Å². The Morgan fingerprint density at radius 2 is 1.92 bits per heavy atom. The van der Waals surface area contributed by atoms with Gasteiger partial charge in [0.15, 0.2) is 0 Å². The second kappa shape index (κ2) is 6.42. The second-order valence-electron chi connectivity index (χ2n) is 6.04. The van der Waals surface area contributed by atoms with Crippen LogP contribution in [-0.4, -0.2) is 30.0 Å². The van der Waals surface area contributed by atoms with Gasteiger partial charge in [0.2, 0.25) is 10.0 Å². The summed E-state index contributed by atoms with van der Waals surface area (Å²) in [5.41, 5.74) is 3.57. The summed E-state index contributed by atoms with van der Waals surface area (Å²) in [4.78, 5) is 0.145. The Kier molecular flexibility index (Phi) is 4.22. The summed E-state index contributed by atoms with van der Waals surface area (Å²) in [5, 5.41) is 7.26. The number of fused-ring (bicyclic) bond motifs is 1. The molecule has 2 heterocycles. The fourth-order valence-corrected chi connectivity index (χ4v) is 4.84. The van der Waals surface area contributed by atoms with E-state index >= 15 is 0 Å². The molecule has 6 nitrogen and oxygen atoms in total. The van der Waals surface area contributed by atoms with Gasteiger partial charge >= 0.3 is 0 Å². The highest BCUT2D eigenvalue weighted by molar-refractivity contribution is 7.89. The predicted molar refractivity (Wildman–Crippen MR) is 98.5 cm³/mol. The first-order valence-electron chi connectivity index (χ1n) is 7.93. The number of ether oxygens (including phenoxy) is 1. The topological polar surface area (TPSA) is 75.3 Å². The van der Waals surface area contributed by atoms with Crippen molar-refractivity contribution in [2.45, 2.75) is 18.0 Å². The molecule has 0 unspecified atom stereocenters. The minimum absolute atomic E-state index is 0.145. The minimum Gasteiger partial charge on any atom is -0.495 e. The lowest BCUT2D eigenvalue weighted by Gasteiger charge is -2.18. The van der Waals surface area contributed by atoms with Crippen LogP contribution in [0.5, 0.6) is 5.75 Å². The quantitative estimate of drug-likeness (QED) is 0.741. The molecule has 0 spiro atoms. The zero-order valence-electron chi connectivity index (χ0n) is 13.9. The summed E-state index contributed by atoms with van der Waals surface area (Å²) in [5.74, 6) is 0.303. The molecule has 8 heteroatoms. The number of rotatable bonds is 4. The van der Waals surface area contributed by atoms with Crippen molar-refractivity contribution in [1.29, 1.82) is 0 Å². The molecule has 4 rings (SSSR count). The summed E-state index contributed by atoms with van der Waals surface area (Å²) in [6.45, 7) is 0.617. The third-order valence-electron chi connectivity index (χ3n) is 4.47. The van der Waals surface area contributed by atoms with E-state index in [9.17, 15) is 8.42 Å².